The van der Waals surface area contributed by atoms with E-state index in [1.54, 1.807) is 13.0 Å². The highest BCUT2D eigenvalue weighted by molar-refractivity contribution is 6.03. The van der Waals surface area contributed by atoms with E-state index in [0.29, 0.717) is 17.3 Å². The number of aryl methyl sites for hydroxylation is 3. The summed E-state index contributed by atoms with van der Waals surface area (Å²) >= 11 is 0. The number of rotatable bonds is 4. The van der Waals surface area contributed by atoms with Crippen LogP contribution in [0.3, 0.4) is 0 Å². The van der Waals surface area contributed by atoms with Crippen molar-refractivity contribution in [1.29, 1.82) is 0 Å². The zero-order chi connectivity index (χ0) is 16.3. The molecule has 0 aliphatic carbocycles. The standard InChI is InChI=1S/C17H22N4O/c1-10(2)18-16-9-15(19-13(5)20-16)17(22)21-14-7-6-11(3)8-12(14)4/h6-10H,1-5H3,(H,21,22)(H,18,19,20). The van der Waals surface area contributed by atoms with Crippen LogP contribution in [0.4, 0.5) is 11.5 Å². The highest BCUT2D eigenvalue weighted by Crippen LogP contribution is 2.17. The van der Waals surface area contributed by atoms with Crippen LogP contribution in [0.2, 0.25) is 0 Å². The van der Waals surface area contributed by atoms with Crippen molar-refractivity contribution < 1.29 is 4.79 Å². The van der Waals surface area contributed by atoms with Gasteiger partial charge in [0, 0.05) is 17.8 Å². The first-order chi connectivity index (χ1) is 10.3. The summed E-state index contributed by atoms with van der Waals surface area (Å²) in [6.07, 6.45) is 0. The van der Waals surface area contributed by atoms with Gasteiger partial charge in [0.25, 0.3) is 5.91 Å². The van der Waals surface area contributed by atoms with Gasteiger partial charge >= 0.3 is 0 Å². The Morgan fingerprint density at radius 3 is 2.45 bits per heavy atom. The molecule has 0 aliphatic rings. The number of carbonyl (C=O) groups is 1. The molecule has 1 amide bonds. The maximum atomic E-state index is 12.4. The first-order valence-corrected chi connectivity index (χ1v) is 7.36. The minimum atomic E-state index is -0.232. The van der Waals surface area contributed by atoms with E-state index in [1.165, 1.54) is 0 Å². The molecular weight excluding hydrogens is 276 g/mol. The highest BCUT2D eigenvalue weighted by atomic mass is 16.1. The van der Waals surface area contributed by atoms with Crippen molar-refractivity contribution >= 4 is 17.4 Å². The van der Waals surface area contributed by atoms with Crippen molar-refractivity contribution in [2.45, 2.75) is 40.7 Å². The number of anilines is 2. The average Bonchev–Trinajstić information content (AvgIpc) is 2.40. The van der Waals surface area contributed by atoms with Crippen molar-refractivity contribution in [2.75, 3.05) is 10.6 Å². The van der Waals surface area contributed by atoms with Crippen molar-refractivity contribution in [3.8, 4) is 0 Å². The monoisotopic (exact) mass is 298 g/mol. The zero-order valence-corrected chi connectivity index (χ0v) is 13.7. The summed E-state index contributed by atoms with van der Waals surface area (Å²) in [5.74, 6) is 0.994. The van der Waals surface area contributed by atoms with Crippen molar-refractivity contribution in [1.82, 2.24) is 9.97 Å². The summed E-state index contributed by atoms with van der Waals surface area (Å²) in [4.78, 5) is 20.9. The lowest BCUT2D eigenvalue weighted by Crippen LogP contribution is -2.18. The minimum absolute atomic E-state index is 0.232. The van der Waals surface area contributed by atoms with Crippen LogP contribution < -0.4 is 10.6 Å². The normalized spacial score (nSPS) is 10.6. The molecule has 2 N–H and O–H groups in total. The number of nitrogens with one attached hydrogen (secondary N) is 2. The van der Waals surface area contributed by atoms with E-state index in [1.807, 2.05) is 45.9 Å². The molecule has 116 valence electrons. The predicted molar refractivity (Wildman–Crippen MR) is 89.4 cm³/mol. The third kappa shape index (κ3) is 4.04. The first kappa shape index (κ1) is 15.9. The Kier molecular flexibility index (Phi) is 4.75. The smallest absolute Gasteiger partial charge is 0.274 e. The van der Waals surface area contributed by atoms with Crippen molar-refractivity contribution in [3.05, 3.63) is 46.9 Å². The van der Waals surface area contributed by atoms with Crippen LogP contribution in [-0.4, -0.2) is 21.9 Å². The van der Waals surface area contributed by atoms with Gasteiger partial charge in [-0.3, -0.25) is 4.79 Å². The second kappa shape index (κ2) is 6.56. The minimum Gasteiger partial charge on any atom is -0.368 e. The molecule has 0 spiro atoms. The molecule has 1 aromatic carbocycles. The Bertz CT molecular complexity index is 695. The van der Waals surface area contributed by atoms with E-state index in [-0.39, 0.29) is 11.9 Å². The summed E-state index contributed by atoms with van der Waals surface area (Å²) < 4.78 is 0. The Morgan fingerprint density at radius 2 is 1.82 bits per heavy atom. The van der Waals surface area contributed by atoms with Gasteiger partial charge < -0.3 is 10.6 Å². The molecule has 0 atom stereocenters. The summed E-state index contributed by atoms with van der Waals surface area (Å²) in [6.45, 7) is 9.81. The molecule has 5 nitrogen and oxygen atoms in total. The van der Waals surface area contributed by atoms with Crippen LogP contribution >= 0.6 is 0 Å². The lowest BCUT2D eigenvalue weighted by atomic mass is 10.1. The second-order valence-corrected chi connectivity index (χ2v) is 5.76. The Balaban J connectivity index is 2.23. The summed E-state index contributed by atoms with van der Waals surface area (Å²) in [5.41, 5.74) is 3.34. The third-order valence-corrected chi connectivity index (χ3v) is 3.14. The molecule has 0 unspecified atom stereocenters. The average molecular weight is 298 g/mol. The van der Waals surface area contributed by atoms with E-state index in [9.17, 15) is 4.79 Å². The van der Waals surface area contributed by atoms with Crippen LogP contribution in [0.5, 0.6) is 0 Å². The van der Waals surface area contributed by atoms with Gasteiger partial charge in [-0.05, 0) is 46.2 Å². The number of aromatic nitrogens is 2. The molecule has 0 aliphatic heterocycles. The molecule has 0 radical (unpaired) electrons. The number of hydrogen-bond donors (Lipinski definition) is 2. The van der Waals surface area contributed by atoms with Gasteiger partial charge in [-0.2, -0.15) is 0 Å². The van der Waals surface area contributed by atoms with Crippen LogP contribution in [0.15, 0.2) is 24.3 Å². The predicted octanol–water partition coefficient (Wildman–Crippen LogP) is 3.47. The van der Waals surface area contributed by atoms with Gasteiger partial charge in [-0.15, -0.1) is 0 Å². The lowest BCUT2D eigenvalue weighted by Gasteiger charge is -2.12. The fraction of sp³-hybridized carbons (Fsp3) is 0.353. The topological polar surface area (TPSA) is 66.9 Å². The van der Waals surface area contributed by atoms with Gasteiger partial charge in [0.2, 0.25) is 0 Å². The van der Waals surface area contributed by atoms with Gasteiger partial charge in [0.15, 0.2) is 0 Å². The molecular formula is C17H22N4O. The SMILES string of the molecule is Cc1ccc(NC(=O)c2cc(NC(C)C)nc(C)n2)c(C)c1. The lowest BCUT2D eigenvalue weighted by molar-refractivity contribution is 0.102. The van der Waals surface area contributed by atoms with Crippen LogP contribution in [-0.2, 0) is 0 Å². The first-order valence-electron chi connectivity index (χ1n) is 7.36. The van der Waals surface area contributed by atoms with E-state index >= 15 is 0 Å². The number of carbonyl (C=O) groups excluding carboxylic acids is 1. The molecule has 2 rings (SSSR count). The van der Waals surface area contributed by atoms with E-state index < -0.39 is 0 Å². The number of benzene rings is 1. The molecule has 0 bridgehead atoms. The second-order valence-electron chi connectivity index (χ2n) is 5.76. The van der Waals surface area contributed by atoms with E-state index in [2.05, 4.69) is 20.6 Å². The highest BCUT2D eigenvalue weighted by Gasteiger charge is 2.12. The molecule has 2 aromatic rings. The third-order valence-electron chi connectivity index (χ3n) is 3.14. The zero-order valence-electron chi connectivity index (χ0n) is 13.7. The summed E-state index contributed by atoms with van der Waals surface area (Å²) in [6, 6.07) is 7.83. The summed E-state index contributed by atoms with van der Waals surface area (Å²) in [5, 5.41) is 6.10. The maximum Gasteiger partial charge on any atom is 0.274 e. The van der Waals surface area contributed by atoms with Gasteiger partial charge in [0.05, 0.1) is 0 Å². The fourth-order valence-electron chi connectivity index (χ4n) is 2.19. The van der Waals surface area contributed by atoms with E-state index in [4.69, 9.17) is 0 Å². The van der Waals surface area contributed by atoms with Crippen LogP contribution in [0, 0.1) is 20.8 Å². The van der Waals surface area contributed by atoms with Crippen molar-refractivity contribution in [2.24, 2.45) is 0 Å². The van der Waals surface area contributed by atoms with Gasteiger partial charge in [-0.25, -0.2) is 9.97 Å². The molecule has 0 saturated heterocycles. The number of nitrogens with zero attached hydrogens (tertiary/aromatic N) is 2. The number of amides is 1. The Morgan fingerprint density at radius 1 is 1.09 bits per heavy atom. The molecule has 0 saturated carbocycles. The summed E-state index contributed by atoms with van der Waals surface area (Å²) in [7, 11) is 0. The molecule has 0 fully saturated rings. The number of hydrogen-bond acceptors (Lipinski definition) is 4. The van der Waals surface area contributed by atoms with E-state index in [0.717, 1.165) is 16.8 Å². The largest absolute Gasteiger partial charge is 0.368 e. The molecule has 5 heteroatoms. The molecule has 1 aromatic heterocycles. The quantitative estimate of drug-likeness (QED) is 0.907. The van der Waals surface area contributed by atoms with Gasteiger partial charge in [0.1, 0.15) is 17.3 Å². The van der Waals surface area contributed by atoms with Crippen LogP contribution in [0.1, 0.15) is 41.3 Å². The van der Waals surface area contributed by atoms with Crippen LogP contribution in [0.25, 0.3) is 0 Å². The van der Waals surface area contributed by atoms with Gasteiger partial charge in [-0.1, -0.05) is 17.7 Å². The molecule has 1 heterocycles. The Labute approximate surface area is 131 Å². The van der Waals surface area contributed by atoms with Crippen molar-refractivity contribution in [3.63, 3.8) is 0 Å². The molecule has 22 heavy (non-hydrogen) atoms. The Hall–Kier alpha value is -2.43. The fourth-order valence-corrected chi connectivity index (χ4v) is 2.19. The maximum absolute atomic E-state index is 12.4.